The third-order valence-electron chi connectivity index (χ3n) is 13.9. The van der Waals surface area contributed by atoms with E-state index < -0.39 is 0 Å². The lowest BCUT2D eigenvalue weighted by atomic mass is 9.32. The Kier molecular flexibility index (Phi) is 4.96. The van der Waals surface area contributed by atoms with Gasteiger partial charge in [0.2, 0.25) is 0 Å². The zero-order valence-electron chi connectivity index (χ0n) is 22.1. The van der Waals surface area contributed by atoms with Gasteiger partial charge in [-0.1, -0.05) is 55.4 Å². The maximum atomic E-state index is 10.9. The van der Waals surface area contributed by atoms with Gasteiger partial charge < -0.3 is 5.11 Å². The van der Waals surface area contributed by atoms with Gasteiger partial charge in [-0.2, -0.15) is 0 Å². The molecule has 1 nitrogen and oxygen atoms in total. The number of rotatable bonds is 1. The van der Waals surface area contributed by atoms with Gasteiger partial charge in [0, 0.05) is 0 Å². The Balaban J connectivity index is 1.52. The number of aliphatic hydroxyl groups is 1. The minimum absolute atomic E-state index is 0.0751. The van der Waals surface area contributed by atoms with E-state index in [1.165, 1.54) is 57.8 Å². The van der Waals surface area contributed by atoms with E-state index in [1.54, 1.807) is 0 Å². The SMILES string of the molecule is CC(C)[C@H]1CC[C@]2(C)[C@H]3CC[C@@H]4[C@@]5(C)CCC(O)C(C)(C)[C@@H]5CC[C@@]4(C)[C@]3(C)CC[C@@H]12. The minimum Gasteiger partial charge on any atom is -0.393 e. The topological polar surface area (TPSA) is 20.2 Å². The molecule has 1 N–H and O–H groups in total. The predicted octanol–water partition coefficient (Wildman–Crippen LogP) is 8.10. The van der Waals surface area contributed by atoms with Crippen LogP contribution in [0.15, 0.2) is 0 Å². The quantitative estimate of drug-likeness (QED) is 0.447. The Bertz CT molecular complexity index is 724. The zero-order chi connectivity index (χ0) is 22.6. The van der Waals surface area contributed by atoms with Crippen molar-refractivity contribution in [3.8, 4) is 0 Å². The zero-order valence-corrected chi connectivity index (χ0v) is 22.1. The normalized spacial score (nSPS) is 58.3. The van der Waals surface area contributed by atoms with Gasteiger partial charge in [0.1, 0.15) is 0 Å². The Morgan fingerprint density at radius 2 is 1.16 bits per heavy atom. The Hall–Kier alpha value is -0.0400. The third kappa shape index (κ3) is 2.65. The molecule has 31 heavy (non-hydrogen) atoms. The van der Waals surface area contributed by atoms with Crippen LogP contribution in [0.5, 0.6) is 0 Å². The van der Waals surface area contributed by atoms with E-state index in [1.807, 2.05) is 0 Å². The summed E-state index contributed by atoms with van der Waals surface area (Å²) in [5.74, 6) is 5.25. The monoisotopic (exact) mass is 428 g/mol. The molecular formula is C30H52O. The summed E-state index contributed by atoms with van der Waals surface area (Å²) >= 11 is 0. The standard InChI is InChI=1S/C30H52O/c1-19(2)20-11-15-27(5)21(20)12-17-29(7)23(27)9-10-24-28(6)16-14-25(31)26(3,4)22(28)13-18-30(24,29)8/h19-25,31H,9-18H2,1-8H3/t20-,21+,22+,23-,24-,25?,27+,28+,29-,30-/m1/s1. The molecule has 0 aromatic rings. The molecule has 0 heterocycles. The smallest absolute Gasteiger partial charge is 0.0594 e. The van der Waals surface area contributed by atoms with Crippen molar-refractivity contribution in [1.82, 2.24) is 0 Å². The first-order chi connectivity index (χ1) is 14.3. The van der Waals surface area contributed by atoms with E-state index >= 15 is 0 Å². The van der Waals surface area contributed by atoms with Crippen LogP contribution in [0.1, 0.15) is 120 Å². The highest BCUT2D eigenvalue weighted by Gasteiger charge is 2.70. The summed E-state index contributed by atoms with van der Waals surface area (Å²) in [6.07, 6.45) is 13.7. The van der Waals surface area contributed by atoms with Crippen molar-refractivity contribution in [3.63, 3.8) is 0 Å². The highest BCUT2D eigenvalue weighted by atomic mass is 16.3. The molecule has 0 spiro atoms. The molecule has 5 rings (SSSR count). The van der Waals surface area contributed by atoms with E-state index in [9.17, 15) is 5.11 Å². The third-order valence-corrected chi connectivity index (χ3v) is 13.9. The lowest BCUT2D eigenvalue weighted by molar-refractivity contribution is -0.251. The van der Waals surface area contributed by atoms with E-state index in [0.717, 1.165) is 36.0 Å². The molecule has 5 aliphatic carbocycles. The van der Waals surface area contributed by atoms with Crippen molar-refractivity contribution >= 4 is 0 Å². The van der Waals surface area contributed by atoms with Gasteiger partial charge in [0.25, 0.3) is 0 Å². The first kappa shape index (κ1) is 22.7. The lowest BCUT2D eigenvalue weighted by Gasteiger charge is -2.73. The Labute approximate surface area is 193 Å². The van der Waals surface area contributed by atoms with Gasteiger partial charge in [-0.3, -0.25) is 0 Å². The molecular weight excluding hydrogens is 376 g/mol. The van der Waals surface area contributed by atoms with Crippen molar-refractivity contribution in [2.75, 3.05) is 0 Å². The van der Waals surface area contributed by atoms with Crippen LogP contribution >= 0.6 is 0 Å². The largest absolute Gasteiger partial charge is 0.393 e. The molecule has 5 aliphatic rings. The fourth-order valence-electron chi connectivity index (χ4n) is 12.0. The van der Waals surface area contributed by atoms with Crippen molar-refractivity contribution in [2.45, 2.75) is 126 Å². The van der Waals surface area contributed by atoms with Crippen LogP contribution in [0.3, 0.4) is 0 Å². The summed E-state index contributed by atoms with van der Waals surface area (Å²) in [7, 11) is 0. The van der Waals surface area contributed by atoms with Gasteiger partial charge in [-0.25, -0.2) is 0 Å². The first-order valence-electron chi connectivity index (χ1n) is 14.0. The number of hydrogen-bond acceptors (Lipinski definition) is 1. The van der Waals surface area contributed by atoms with Gasteiger partial charge in [0.05, 0.1) is 6.10 Å². The van der Waals surface area contributed by atoms with Crippen LogP contribution in [0.4, 0.5) is 0 Å². The molecule has 5 saturated carbocycles. The highest BCUT2D eigenvalue weighted by Crippen LogP contribution is 2.78. The molecule has 0 bridgehead atoms. The molecule has 1 heteroatoms. The Morgan fingerprint density at radius 1 is 0.613 bits per heavy atom. The lowest BCUT2D eigenvalue weighted by Crippen LogP contribution is -2.66. The summed E-state index contributed by atoms with van der Waals surface area (Å²) in [4.78, 5) is 0. The average molecular weight is 429 g/mol. The maximum absolute atomic E-state index is 10.9. The van der Waals surface area contributed by atoms with Gasteiger partial charge in [-0.05, 0) is 127 Å². The second kappa shape index (κ2) is 6.76. The van der Waals surface area contributed by atoms with Crippen LogP contribution < -0.4 is 0 Å². The summed E-state index contributed by atoms with van der Waals surface area (Å²) in [5.41, 5.74) is 2.05. The second-order valence-corrected chi connectivity index (χ2v) is 15.1. The number of aliphatic hydroxyl groups excluding tert-OH is 1. The molecule has 0 aromatic carbocycles. The Morgan fingerprint density at radius 3 is 1.77 bits per heavy atom. The summed E-state index contributed by atoms with van der Waals surface area (Å²) < 4.78 is 0. The van der Waals surface area contributed by atoms with Crippen LogP contribution in [0.2, 0.25) is 0 Å². The van der Waals surface area contributed by atoms with E-state index in [0.29, 0.717) is 27.6 Å². The van der Waals surface area contributed by atoms with E-state index in [2.05, 4.69) is 55.4 Å². The molecule has 10 atom stereocenters. The van der Waals surface area contributed by atoms with Crippen LogP contribution in [0, 0.1) is 62.6 Å². The highest BCUT2D eigenvalue weighted by molar-refractivity contribution is 5.19. The van der Waals surface area contributed by atoms with Gasteiger partial charge in [-0.15, -0.1) is 0 Å². The second-order valence-electron chi connectivity index (χ2n) is 15.1. The molecule has 5 fully saturated rings. The van der Waals surface area contributed by atoms with Crippen molar-refractivity contribution in [1.29, 1.82) is 0 Å². The van der Waals surface area contributed by atoms with Crippen molar-refractivity contribution < 1.29 is 5.11 Å². The fourth-order valence-corrected chi connectivity index (χ4v) is 12.0. The van der Waals surface area contributed by atoms with E-state index in [-0.39, 0.29) is 11.5 Å². The van der Waals surface area contributed by atoms with Crippen molar-refractivity contribution in [3.05, 3.63) is 0 Å². The van der Waals surface area contributed by atoms with Crippen molar-refractivity contribution in [2.24, 2.45) is 62.6 Å². The molecule has 0 radical (unpaired) electrons. The maximum Gasteiger partial charge on any atom is 0.0594 e. The molecule has 0 aromatic heterocycles. The fraction of sp³-hybridized carbons (Fsp3) is 1.00. The minimum atomic E-state index is -0.109. The van der Waals surface area contributed by atoms with E-state index in [4.69, 9.17) is 0 Å². The molecule has 178 valence electrons. The van der Waals surface area contributed by atoms with Crippen LogP contribution in [0.25, 0.3) is 0 Å². The number of hydrogen-bond donors (Lipinski definition) is 1. The average Bonchev–Trinajstić information content (AvgIpc) is 3.03. The number of fused-ring (bicyclic) bond motifs is 7. The molecule has 0 saturated heterocycles. The summed E-state index contributed by atoms with van der Waals surface area (Å²) in [6.45, 7) is 20.7. The van der Waals surface area contributed by atoms with Gasteiger partial charge >= 0.3 is 0 Å². The summed E-state index contributed by atoms with van der Waals surface area (Å²) in [5, 5.41) is 10.9. The molecule has 0 aliphatic heterocycles. The van der Waals surface area contributed by atoms with Gasteiger partial charge in [0.15, 0.2) is 0 Å². The summed E-state index contributed by atoms with van der Waals surface area (Å²) in [6, 6.07) is 0. The van der Waals surface area contributed by atoms with Crippen LogP contribution in [-0.2, 0) is 0 Å². The molecule has 1 unspecified atom stereocenters. The molecule has 0 amide bonds. The van der Waals surface area contributed by atoms with Crippen LogP contribution in [-0.4, -0.2) is 11.2 Å². The predicted molar refractivity (Wildman–Crippen MR) is 131 cm³/mol. The first-order valence-corrected chi connectivity index (χ1v) is 14.0.